The average Bonchev–Trinajstić information content (AvgIpc) is 0. The molecule has 1 radical (unpaired) electrons. The van der Waals surface area contributed by atoms with E-state index in [1.807, 2.05) is 0 Å². The Hall–Kier alpha value is 3.29. The van der Waals surface area contributed by atoms with E-state index in [1.165, 1.54) is 0 Å². The monoisotopic (exact) mass is 285 g/mol. The second-order valence-corrected chi connectivity index (χ2v) is 0. The molecule has 0 spiro atoms. The Morgan fingerprint density at radius 2 is 1.00 bits per heavy atom. The van der Waals surface area contributed by atoms with Crippen LogP contribution in [0.3, 0.4) is 0 Å². The van der Waals surface area contributed by atoms with Gasteiger partial charge < -0.3 is 0 Å². The molecular weight excluding hydrogens is 285 g/mol. The van der Waals surface area contributed by atoms with Gasteiger partial charge >= 0.3 is 23.1 Å². The summed E-state index contributed by atoms with van der Waals surface area (Å²) in [6.45, 7) is 0. The van der Waals surface area contributed by atoms with Gasteiger partial charge in [0.2, 0.25) is 0 Å². The third kappa shape index (κ3) is 8.99. The molecule has 0 rings (SSSR count). The molecular formula is H2CeMgMnZn. The van der Waals surface area contributed by atoms with Crippen LogP contribution < -0.4 is 0 Å². The van der Waals surface area contributed by atoms with Crippen LogP contribution >= 0.6 is 0 Å². The first kappa shape index (κ1) is 26.7. The summed E-state index contributed by atoms with van der Waals surface area (Å²) in [5, 5.41) is 0. The molecule has 17 valence electrons. The molecule has 0 unspecified atom stereocenters. The smallest absolute Gasteiger partial charge is 0 e. The third-order valence-electron chi connectivity index (χ3n) is 0. The molecule has 0 saturated heterocycles. The topological polar surface area (TPSA) is 0 Å². The molecule has 0 nitrogen and oxygen atoms in total. The third-order valence-corrected chi connectivity index (χ3v) is 0. The van der Waals surface area contributed by atoms with Gasteiger partial charge in [-0.2, -0.15) is 0 Å². The van der Waals surface area contributed by atoms with Gasteiger partial charge in [-0.15, -0.1) is 0 Å². The van der Waals surface area contributed by atoms with Crippen molar-refractivity contribution in [2.24, 2.45) is 0 Å². The first-order valence-corrected chi connectivity index (χ1v) is 0. The first-order chi connectivity index (χ1) is 0. The van der Waals surface area contributed by atoms with Gasteiger partial charge in [-0.25, -0.2) is 0 Å². The molecule has 0 aliphatic rings. The van der Waals surface area contributed by atoms with E-state index in [1.54, 1.807) is 0 Å². The van der Waals surface area contributed by atoms with E-state index in [0.717, 1.165) is 0 Å². The van der Waals surface area contributed by atoms with Gasteiger partial charge in [-0.1, -0.05) is 0 Å². The van der Waals surface area contributed by atoms with Crippen LogP contribution in [0.1, 0.15) is 0 Å². The van der Waals surface area contributed by atoms with E-state index in [0.29, 0.717) is 0 Å². The summed E-state index contributed by atoms with van der Waals surface area (Å²) >= 11 is 0. The Morgan fingerprint density at radius 1 is 1.00 bits per heavy atom. The molecule has 0 N–H and O–H groups in total. The summed E-state index contributed by atoms with van der Waals surface area (Å²) in [5.74, 6) is 0. The normalized spacial score (nSPS) is 0. The van der Waals surface area contributed by atoms with Crippen LogP contribution in [0.15, 0.2) is 0 Å². The molecule has 0 bridgehead atoms. The van der Waals surface area contributed by atoms with E-state index < -0.39 is 0 Å². The van der Waals surface area contributed by atoms with E-state index >= 15 is 0 Å². The minimum absolute atomic E-state index is 0. The van der Waals surface area contributed by atoms with Crippen molar-refractivity contribution < 1.29 is 78.3 Å². The molecule has 0 aliphatic carbocycles. The number of hydrogen-bond acceptors (Lipinski definition) is 0. The van der Waals surface area contributed by atoms with Crippen molar-refractivity contribution in [2.75, 3.05) is 0 Å². The van der Waals surface area contributed by atoms with Gasteiger partial charge in [0.1, 0.15) is 0 Å². The minimum Gasteiger partial charge on any atom is 0 e. The number of hydrogen-bond donors (Lipinski definition) is 0. The molecule has 0 saturated carbocycles. The molecule has 0 amide bonds. The van der Waals surface area contributed by atoms with Crippen molar-refractivity contribution in [3.05, 3.63) is 0 Å². The van der Waals surface area contributed by atoms with Crippen LogP contribution in [-0.2, 0) is 36.5 Å². The summed E-state index contributed by atoms with van der Waals surface area (Å²) in [6, 6.07) is 0. The summed E-state index contributed by atoms with van der Waals surface area (Å²) < 4.78 is 0. The van der Waals surface area contributed by atoms with E-state index in [4.69, 9.17) is 0 Å². The fourth-order valence-corrected chi connectivity index (χ4v) is 0. The van der Waals surface area contributed by atoms with Crippen LogP contribution in [0.5, 0.6) is 0 Å². The first-order valence-electron chi connectivity index (χ1n) is 0. The van der Waals surface area contributed by atoms with Gasteiger partial charge in [0.15, 0.2) is 0 Å². The van der Waals surface area contributed by atoms with Crippen molar-refractivity contribution in [1.29, 1.82) is 0 Å². The Morgan fingerprint density at radius 3 is 1.00 bits per heavy atom. The zero-order chi connectivity index (χ0) is 0. The zero-order valence-corrected chi connectivity index (χ0v) is 8.87. The van der Waals surface area contributed by atoms with E-state index in [2.05, 4.69) is 0 Å². The molecule has 0 aromatic rings. The summed E-state index contributed by atoms with van der Waals surface area (Å²) in [4.78, 5) is 0. The van der Waals surface area contributed by atoms with E-state index in [9.17, 15) is 0 Å². The van der Waals surface area contributed by atoms with Crippen LogP contribution in [-0.4, -0.2) is 23.1 Å². The molecule has 4 heavy (non-hydrogen) atoms. The summed E-state index contributed by atoms with van der Waals surface area (Å²) in [6.07, 6.45) is 0. The molecule has 4 heteroatoms. The Bertz CT molecular complexity index is 8.00. The summed E-state index contributed by atoms with van der Waals surface area (Å²) in [7, 11) is 0. The second-order valence-electron chi connectivity index (χ2n) is 0. The predicted octanol–water partition coefficient (Wildman–Crippen LogP) is -0.921. The van der Waals surface area contributed by atoms with Gasteiger partial charge in [0.05, 0.1) is 0 Å². The second kappa shape index (κ2) is 16.3. The quantitative estimate of drug-likeness (QED) is 0.505. The van der Waals surface area contributed by atoms with Gasteiger partial charge in [0.25, 0.3) is 0 Å². The maximum Gasteiger partial charge on any atom is 0.316 e. The van der Waals surface area contributed by atoms with Crippen molar-refractivity contribution in [1.82, 2.24) is 0 Å². The molecule has 0 heterocycles. The number of rotatable bonds is 0. The van der Waals surface area contributed by atoms with Gasteiger partial charge in [0, 0.05) is 78.3 Å². The Labute approximate surface area is 99.0 Å². The molecule has 0 fully saturated rings. The van der Waals surface area contributed by atoms with Crippen molar-refractivity contribution in [3.8, 4) is 0 Å². The van der Waals surface area contributed by atoms with Gasteiger partial charge in [-0.3, -0.25) is 0 Å². The summed E-state index contributed by atoms with van der Waals surface area (Å²) in [5.41, 5.74) is 0. The Kier molecular flexibility index (Phi) is 108. The standard InChI is InChI=1S/Ce.Mg.Mn.Zn.2H. The van der Waals surface area contributed by atoms with Crippen LogP contribution in [0.4, 0.5) is 0 Å². The van der Waals surface area contributed by atoms with Crippen LogP contribution in [0.25, 0.3) is 0 Å². The molecule has 0 aromatic carbocycles. The van der Waals surface area contributed by atoms with Crippen molar-refractivity contribution in [3.63, 3.8) is 0 Å². The predicted molar refractivity (Wildman–Crippen MR) is 8.54 cm³/mol. The minimum atomic E-state index is 0. The maximum absolute atomic E-state index is 0. The zero-order valence-electron chi connectivity index (χ0n) is 1.59. The fraction of sp³-hybridized carbons (Fsp3) is 0. The molecule has 0 atom stereocenters. The van der Waals surface area contributed by atoms with Gasteiger partial charge in [-0.05, 0) is 0 Å². The van der Waals surface area contributed by atoms with Crippen molar-refractivity contribution >= 4 is 23.1 Å². The molecule has 0 aliphatic heterocycles. The SMILES string of the molecule is [Ce].[MgH2].[Mn].[Zn]. The fourth-order valence-electron chi connectivity index (χ4n) is 0. The average molecular weight is 287 g/mol. The largest absolute Gasteiger partial charge is 0.316 e. The Balaban J connectivity index is 0. The van der Waals surface area contributed by atoms with Crippen LogP contribution in [0, 0.1) is 41.7 Å². The van der Waals surface area contributed by atoms with Crippen molar-refractivity contribution in [2.45, 2.75) is 0 Å². The van der Waals surface area contributed by atoms with Crippen LogP contribution in [0.2, 0.25) is 0 Å². The molecule has 0 aromatic heterocycles. The maximum atomic E-state index is 0. The van der Waals surface area contributed by atoms with E-state index in [-0.39, 0.29) is 101 Å².